The molecule has 3 rings (SSSR count). The second kappa shape index (κ2) is 5.64. The number of carbonyl (C=O) groups excluding carboxylic acids is 1. The Labute approximate surface area is 130 Å². The number of nitrogens with zero attached hydrogens (tertiary/aromatic N) is 2. The predicted molar refractivity (Wildman–Crippen MR) is 82.3 cm³/mol. The van der Waals surface area contributed by atoms with Crippen LogP contribution >= 0.6 is 0 Å². The lowest BCUT2D eigenvalue weighted by Crippen LogP contribution is -2.40. The Kier molecular flexibility index (Phi) is 3.96. The van der Waals surface area contributed by atoms with Crippen LogP contribution in [0.3, 0.4) is 0 Å². The summed E-state index contributed by atoms with van der Waals surface area (Å²) in [6.45, 7) is 0.938. The van der Waals surface area contributed by atoms with Crippen molar-refractivity contribution >= 4 is 21.6 Å². The Hall–Kier alpha value is -1.44. The number of amides is 1. The van der Waals surface area contributed by atoms with E-state index in [2.05, 4.69) is 0 Å². The van der Waals surface area contributed by atoms with Gasteiger partial charge in [-0.1, -0.05) is 0 Å². The molecule has 0 atom stereocenters. The van der Waals surface area contributed by atoms with E-state index >= 15 is 0 Å². The van der Waals surface area contributed by atoms with Crippen molar-refractivity contribution in [2.75, 3.05) is 32.1 Å². The first-order valence-corrected chi connectivity index (χ1v) is 8.80. The Bertz CT molecular complexity index is 693. The summed E-state index contributed by atoms with van der Waals surface area (Å²) in [5, 5.41) is 0. The molecule has 0 aliphatic carbocycles. The van der Waals surface area contributed by atoms with Crippen LogP contribution in [-0.4, -0.2) is 52.0 Å². The predicted octanol–water partition coefficient (Wildman–Crippen LogP) is 1.01. The summed E-state index contributed by atoms with van der Waals surface area (Å²) in [7, 11) is -0.140. The number of likely N-dealkylation sites (N-methyl/N-ethyl adjacent to an activating group) is 1. The van der Waals surface area contributed by atoms with Crippen LogP contribution in [0.25, 0.3) is 0 Å². The van der Waals surface area contributed by atoms with Crippen molar-refractivity contribution in [3.63, 3.8) is 0 Å². The molecule has 22 heavy (non-hydrogen) atoms. The lowest BCUT2D eigenvalue weighted by molar-refractivity contribution is -0.117. The van der Waals surface area contributed by atoms with Gasteiger partial charge in [-0.15, -0.1) is 0 Å². The van der Waals surface area contributed by atoms with Crippen LogP contribution in [0, 0.1) is 0 Å². The molecule has 1 fully saturated rings. The van der Waals surface area contributed by atoms with Crippen molar-refractivity contribution < 1.29 is 17.9 Å². The first-order chi connectivity index (χ1) is 10.4. The van der Waals surface area contributed by atoms with Crippen molar-refractivity contribution in [1.82, 2.24) is 4.31 Å². The van der Waals surface area contributed by atoms with Gasteiger partial charge in [-0.3, -0.25) is 4.79 Å². The van der Waals surface area contributed by atoms with Crippen LogP contribution < -0.4 is 4.90 Å². The van der Waals surface area contributed by atoms with E-state index < -0.39 is 10.0 Å². The van der Waals surface area contributed by atoms with Gasteiger partial charge in [0.1, 0.15) is 0 Å². The summed E-state index contributed by atoms with van der Waals surface area (Å²) < 4.78 is 32.2. The van der Waals surface area contributed by atoms with E-state index in [9.17, 15) is 13.2 Å². The SMILES string of the molecule is COC1CCN(S(=O)(=O)c2ccc3c(c2)CC(=O)N3C)CC1. The fraction of sp³-hybridized carbons (Fsp3) is 0.533. The number of methoxy groups -OCH3 is 1. The van der Waals surface area contributed by atoms with E-state index in [1.54, 1.807) is 37.3 Å². The van der Waals surface area contributed by atoms with Gasteiger partial charge >= 0.3 is 0 Å². The molecule has 0 radical (unpaired) electrons. The van der Waals surface area contributed by atoms with Gasteiger partial charge in [0.15, 0.2) is 0 Å². The van der Waals surface area contributed by atoms with Crippen LogP contribution in [0.2, 0.25) is 0 Å². The molecule has 0 N–H and O–H groups in total. The first-order valence-electron chi connectivity index (χ1n) is 7.36. The molecule has 0 bridgehead atoms. The van der Waals surface area contributed by atoms with Gasteiger partial charge in [-0.2, -0.15) is 4.31 Å². The Morgan fingerprint density at radius 1 is 1.23 bits per heavy atom. The van der Waals surface area contributed by atoms with Crippen LogP contribution in [0.4, 0.5) is 5.69 Å². The third kappa shape index (κ3) is 2.53. The average molecular weight is 324 g/mol. The standard InChI is InChI=1S/C15H20N2O4S/c1-16-14-4-3-13(9-11(14)10-15(16)18)22(19,20)17-7-5-12(21-2)6-8-17/h3-4,9,12H,5-8,10H2,1-2H3. The molecule has 7 heteroatoms. The molecule has 2 aliphatic rings. The highest BCUT2D eigenvalue weighted by molar-refractivity contribution is 7.89. The van der Waals surface area contributed by atoms with E-state index in [0.717, 1.165) is 11.3 Å². The van der Waals surface area contributed by atoms with Crippen molar-refractivity contribution in [1.29, 1.82) is 0 Å². The topological polar surface area (TPSA) is 66.9 Å². The molecule has 2 aliphatic heterocycles. The summed E-state index contributed by atoms with van der Waals surface area (Å²) in [5.74, 6) is -0.00884. The van der Waals surface area contributed by atoms with Gasteiger partial charge in [0, 0.05) is 32.9 Å². The third-order valence-corrected chi connectivity index (χ3v) is 6.39. The molecule has 0 aromatic heterocycles. The molecule has 0 unspecified atom stereocenters. The van der Waals surface area contributed by atoms with Gasteiger partial charge in [0.2, 0.25) is 15.9 Å². The maximum absolute atomic E-state index is 12.7. The monoisotopic (exact) mass is 324 g/mol. The fourth-order valence-electron chi connectivity index (χ4n) is 3.06. The van der Waals surface area contributed by atoms with Crippen LogP contribution in [-0.2, 0) is 26.0 Å². The molecular weight excluding hydrogens is 304 g/mol. The van der Waals surface area contributed by atoms with E-state index in [-0.39, 0.29) is 23.3 Å². The number of sulfonamides is 1. The molecule has 1 amide bonds. The number of hydrogen-bond acceptors (Lipinski definition) is 4. The first kappa shape index (κ1) is 15.5. The lowest BCUT2D eigenvalue weighted by atomic mass is 10.1. The van der Waals surface area contributed by atoms with Gasteiger partial charge in [0.05, 0.1) is 17.4 Å². The number of fused-ring (bicyclic) bond motifs is 1. The maximum atomic E-state index is 12.7. The van der Waals surface area contributed by atoms with Crippen LogP contribution in [0.1, 0.15) is 18.4 Å². The highest BCUT2D eigenvalue weighted by atomic mass is 32.2. The summed E-state index contributed by atoms with van der Waals surface area (Å²) in [5.41, 5.74) is 1.57. The van der Waals surface area contributed by atoms with E-state index in [4.69, 9.17) is 4.74 Å². The third-order valence-electron chi connectivity index (χ3n) is 4.50. The van der Waals surface area contributed by atoms with E-state index in [0.29, 0.717) is 25.9 Å². The molecule has 0 spiro atoms. The zero-order chi connectivity index (χ0) is 15.9. The van der Waals surface area contributed by atoms with Crippen molar-refractivity contribution in [2.45, 2.75) is 30.3 Å². The molecule has 120 valence electrons. The zero-order valence-electron chi connectivity index (χ0n) is 12.8. The Morgan fingerprint density at radius 3 is 2.55 bits per heavy atom. The Balaban J connectivity index is 1.85. The largest absolute Gasteiger partial charge is 0.381 e. The van der Waals surface area contributed by atoms with Crippen molar-refractivity contribution in [3.8, 4) is 0 Å². The van der Waals surface area contributed by atoms with Crippen LogP contribution in [0.5, 0.6) is 0 Å². The molecule has 0 saturated carbocycles. The quantitative estimate of drug-likeness (QED) is 0.832. The number of rotatable bonds is 3. The second-order valence-electron chi connectivity index (χ2n) is 5.76. The average Bonchev–Trinajstić information content (AvgIpc) is 2.81. The number of piperidine rings is 1. The van der Waals surface area contributed by atoms with Crippen molar-refractivity contribution in [2.24, 2.45) is 0 Å². The summed E-state index contributed by atoms with van der Waals surface area (Å²) in [4.78, 5) is 13.5. The minimum Gasteiger partial charge on any atom is -0.381 e. The highest BCUT2D eigenvalue weighted by Crippen LogP contribution is 2.31. The molecule has 1 saturated heterocycles. The molecule has 6 nitrogen and oxygen atoms in total. The van der Waals surface area contributed by atoms with Crippen LogP contribution in [0.15, 0.2) is 23.1 Å². The summed E-state index contributed by atoms with van der Waals surface area (Å²) in [6.07, 6.45) is 1.82. The van der Waals surface area contributed by atoms with Crippen molar-refractivity contribution in [3.05, 3.63) is 23.8 Å². The van der Waals surface area contributed by atoms with E-state index in [1.807, 2.05) is 0 Å². The highest BCUT2D eigenvalue weighted by Gasteiger charge is 2.31. The zero-order valence-corrected chi connectivity index (χ0v) is 13.6. The lowest BCUT2D eigenvalue weighted by Gasteiger charge is -2.30. The molecular formula is C15H20N2O4S. The number of anilines is 1. The molecule has 1 aromatic carbocycles. The normalized spacial score (nSPS) is 20.5. The number of carbonyl (C=O) groups is 1. The van der Waals surface area contributed by atoms with Gasteiger partial charge < -0.3 is 9.64 Å². The minimum absolute atomic E-state index is 0.00884. The smallest absolute Gasteiger partial charge is 0.243 e. The molecule has 2 heterocycles. The van der Waals surface area contributed by atoms with E-state index in [1.165, 1.54) is 4.31 Å². The Morgan fingerprint density at radius 2 is 1.91 bits per heavy atom. The second-order valence-corrected chi connectivity index (χ2v) is 7.70. The number of hydrogen-bond donors (Lipinski definition) is 0. The number of ether oxygens (including phenoxy) is 1. The minimum atomic E-state index is -3.50. The maximum Gasteiger partial charge on any atom is 0.243 e. The molecule has 1 aromatic rings. The number of benzene rings is 1. The van der Waals surface area contributed by atoms with Gasteiger partial charge in [-0.25, -0.2) is 8.42 Å². The summed E-state index contributed by atoms with van der Waals surface area (Å²) >= 11 is 0. The van der Waals surface area contributed by atoms with Gasteiger partial charge in [-0.05, 0) is 36.6 Å². The fourth-order valence-corrected chi connectivity index (χ4v) is 4.59. The summed E-state index contributed by atoms with van der Waals surface area (Å²) in [6, 6.07) is 4.94. The van der Waals surface area contributed by atoms with Gasteiger partial charge in [0.25, 0.3) is 0 Å².